The van der Waals surface area contributed by atoms with Gasteiger partial charge < -0.3 is 11.1 Å². The fourth-order valence-electron chi connectivity index (χ4n) is 2.51. The van der Waals surface area contributed by atoms with Crippen molar-refractivity contribution in [3.63, 3.8) is 0 Å². The number of primary amides is 1. The highest BCUT2D eigenvalue weighted by molar-refractivity contribution is 9.10. The van der Waals surface area contributed by atoms with Crippen LogP contribution in [-0.2, 0) is 10.0 Å². The standard InChI is InChI=1S/C14H20BrN3O3S.ClH/c15-12-6-11(14(16)19)7-13(8-12)22(20,21)18-5-3-10-2-1-4-17-9-10;/h6-8,10,17-18H,1-5,9H2,(H2,16,19);1H. The van der Waals surface area contributed by atoms with Gasteiger partial charge in [-0.3, -0.25) is 4.79 Å². The molecule has 0 aromatic heterocycles. The molecule has 0 aliphatic carbocycles. The molecular formula is C14H21BrClN3O3S. The number of hydrogen-bond donors (Lipinski definition) is 3. The summed E-state index contributed by atoms with van der Waals surface area (Å²) >= 11 is 3.20. The number of nitrogens with two attached hydrogens (primary N) is 1. The van der Waals surface area contributed by atoms with Crippen molar-refractivity contribution in [3.05, 3.63) is 28.2 Å². The van der Waals surface area contributed by atoms with Crippen molar-refractivity contribution in [2.45, 2.75) is 24.2 Å². The molecule has 1 fully saturated rings. The second kappa shape index (κ2) is 8.98. The zero-order valence-corrected chi connectivity index (χ0v) is 15.8. The number of nitrogens with one attached hydrogen (secondary N) is 2. The zero-order valence-electron chi connectivity index (χ0n) is 12.5. The molecule has 0 spiro atoms. The van der Waals surface area contributed by atoms with Crippen LogP contribution < -0.4 is 15.8 Å². The Morgan fingerprint density at radius 3 is 2.74 bits per heavy atom. The fraction of sp³-hybridized carbons (Fsp3) is 0.500. The Kier molecular flexibility index (Phi) is 7.96. The molecule has 1 aromatic carbocycles. The number of rotatable bonds is 6. The van der Waals surface area contributed by atoms with Gasteiger partial charge in [-0.1, -0.05) is 15.9 Å². The van der Waals surface area contributed by atoms with Crippen LogP contribution in [0, 0.1) is 5.92 Å². The molecule has 0 saturated carbocycles. The van der Waals surface area contributed by atoms with Gasteiger partial charge in [0.25, 0.3) is 0 Å². The molecule has 6 nitrogen and oxygen atoms in total. The summed E-state index contributed by atoms with van der Waals surface area (Å²) in [5.74, 6) is -0.161. The second-order valence-corrected chi connectivity index (χ2v) is 8.12. The average molecular weight is 427 g/mol. The van der Waals surface area contributed by atoms with Crippen LogP contribution in [0.15, 0.2) is 27.6 Å². The van der Waals surface area contributed by atoms with Gasteiger partial charge in [0.05, 0.1) is 4.90 Å². The maximum absolute atomic E-state index is 12.3. The molecule has 1 atom stereocenters. The summed E-state index contributed by atoms with van der Waals surface area (Å²) in [7, 11) is -3.65. The molecule has 0 bridgehead atoms. The van der Waals surface area contributed by atoms with E-state index < -0.39 is 15.9 Å². The minimum Gasteiger partial charge on any atom is -0.366 e. The van der Waals surface area contributed by atoms with E-state index >= 15 is 0 Å². The highest BCUT2D eigenvalue weighted by Gasteiger charge is 2.18. The summed E-state index contributed by atoms with van der Waals surface area (Å²) in [6.07, 6.45) is 3.05. The summed E-state index contributed by atoms with van der Waals surface area (Å²) in [5, 5.41) is 3.31. The smallest absolute Gasteiger partial charge is 0.248 e. The first-order valence-electron chi connectivity index (χ1n) is 7.19. The van der Waals surface area contributed by atoms with Crippen molar-refractivity contribution in [2.75, 3.05) is 19.6 Å². The average Bonchev–Trinajstić information content (AvgIpc) is 2.47. The van der Waals surface area contributed by atoms with Crippen LogP contribution >= 0.6 is 28.3 Å². The van der Waals surface area contributed by atoms with E-state index in [-0.39, 0.29) is 22.9 Å². The van der Waals surface area contributed by atoms with Crippen molar-refractivity contribution >= 4 is 44.3 Å². The highest BCUT2D eigenvalue weighted by atomic mass is 79.9. The Morgan fingerprint density at radius 1 is 1.39 bits per heavy atom. The van der Waals surface area contributed by atoms with E-state index in [1.54, 1.807) is 0 Å². The maximum Gasteiger partial charge on any atom is 0.248 e. The van der Waals surface area contributed by atoms with Crippen LogP contribution in [0.3, 0.4) is 0 Å². The van der Waals surface area contributed by atoms with Crippen LogP contribution in [0.2, 0.25) is 0 Å². The Hall–Kier alpha value is -0.670. The van der Waals surface area contributed by atoms with Gasteiger partial charge >= 0.3 is 0 Å². The summed E-state index contributed by atoms with van der Waals surface area (Å²) in [6.45, 7) is 2.35. The summed E-state index contributed by atoms with van der Waals surface area (Å²) in [5.41, 5.74) is 5.37. The molecule has 9 heteroatoms. The predicted molar refractivity (Wildman–Crippen MR) is 95.3 cm³/mol. The number of halogens is 2. The third-order valence-electron chi connectivity index (χ3n) is 3.71. The molecule has 130 valence electrons. The maximum atomic E-state index is 12.3. The number of sulfonamides is 1. The van der Waals surface area contributed by atoms with Crippen LogP contribution in [0.25, 0.3) is 0 Å². The van der Waals surface area contributed by atoms with Gasteiger partial charge in [-0.15, -0.1) is 12.4 Å². The summed E-state index contributed by atoms with van der Waals surface area (Å²) in [4.78, 5) is 11.3. The van der Waals surface area contributed by atoms with Crippen LogP contribution in [-0.4, -0.2) is 34.0 Å². The molecule has 1 aromatic rings. The molecule has 4 N–H and O–H groups in total. The van der Waals surface area contributed by atoms with Gasteiger partial charge in [-0.25, -0.2) is 13.1 Å². The largest absolute Gasteiger partial charge is 0.366 e. The number of piperidine rings is 1. The number of amides is 1. The van der Waals surface area contributed by atoms with Crippen molar-refractivity contribution in [1.82, 2.24) is 10.0 Å². The Labute approximate surface area is 151 Å². The van der Waals surface area contributed by atoms with E-state index in [4.69, 9.17) is 5.73 Å². The first-order chi connectivity index (χ1) is 10.4. The van der Waals surface area contributed by atoms with Crippen molar-refractivity contribution in [3.8, 4) is 0 Å². The SMILES string of the molecule is Cl.NC(=O)c1cc(Br)cc(S(=O)(=O)NCCC2CCCNC2)c1. The van der Waals surface area contributed by atoms with Crippen molar-refractivity contribution in [2.24, 2.45) is 11.7 Å². The molecule has 1 amide bonds. The van der Waals surface area contributed by atoms with Crippen LogP contribution in [0.4, 0.5) is 0 Å². The molecule has 1 heterocycles. The minimum absolute atomic E-state index is 0. The molecule has 0 radical (unpaired) electrons. The molecule has 1 aliphatic heterocycles. The van der Waals surface area contributed by atoms with E-state index in [1.165, 1.54) is 18.2 Å². The highest BCUT2D eigenvalue weighted by Crippen LogP contribution is 2.20. The number of hydrogen-bond acceptors (Lipinski definition) is 4. The van der Waals surface area contributed by atoms with Crippen molar-refractivity contribution < 1.29 is 13.2 Å². The quantitative estimate of drug-likeness (QED) is 0.643. The molecule has 1 unspecified atom stereocenters. The lowest BCUT2D eigenvalue weighted by molar-refractivity contribution is 0.1000. The summed E-state index contributed by atoms with van der Waals surface area (Å²) < 4.78 is 27.7. The molecule has 23 heavy (non-hydrogen) atoms. The second-order valence-electron chi connectivity index (χ2n) is 5.44. The normalized spacial score (nSPS) is 18.2. The van der Waals surface area contributed by atoms with Gasteiger partial charge in [0, 0.05) is 16.6 Å². The van der Waals surface area contributed by atoms with Crippen LogP contribution in [0.1, 0.15) is 29.6 Å². The van der Waals surface area contributed by atoms with Gasteiger partial charge in [-0.2, -0.15) is 0 Å². The fourth-order valence-corrected chi connectivity index (χ4v) is 4.27. The van der Waals surface area contributed by atoms with E-state index in [1.807, 2.05) is 0 Å². The van der Waals surface area contributed by atoms with E-state index in [0.29, 0.717) is 16.9 Å². The Balaban J connectivity index is 0.00000264. The number of benzene rings is 1. The minimum atomic E-state index is -3.65. The number of carbonyl (C=O) groups excluding carboxylic acids is 1. The van der Waals surface area contributed by atoms with Gasteiger partial charge in [-0.05, 0) is 56.5 Å². The first kappa shape index (κ1) is 20.4. The van der Waals surface area contributed by atoms with E-state index in [9.17, 15) is 13.2 Å². The lowest BCUT2D eigenvalue weighted by Crippen LogP contribution is -2.33. The third kappa shape index (κ3) is 6.04. The molecule has 1 saturated heterocycles. The van der Waals surface area contributed by atoms with Crippen LogP contribution in [0.5, 0.6) is 0 Å². The molecular weight excluding hydrogens is 406 g/mol. The predicted octanol–water partition coefficient (Wildman–Crippen LogP) is 1.64. The van der Waals surface area contributed by atoms with E-state index in [0.717, 1.165) is 32.4 Å². The molecule has 1 aliphatic rings. The summed E-state index contributed by atoms with van der Waals surface area (Å²) in [6, 6.07) is 4.24. The Bertz CT molecular complexity index is 649. The Morgan fingerprint density at radius 2 is 2.13 bits per heavy atom. The first-order valence-corrected chi connectivity index (χ1v) is 9.47. The monoisotopic (exact) mass is 425 g/mol. The third-order valence-corrected chi connectivity index (χ3v) is 5.61. The number of carbonyl (C=O) groups is 1. The lowest BCUT2D eigenvalue weighted by atomic mass is 9.96. The lowest BCUT2D eigenvalue weighted by Gasteiger charge is -2.22. The van der Waals surface area contributed by atoms with Gasteiger partial charge in [0.1, 0.15) is 0 Å². The molecule has 2 rings (SSSR count). The topological polar surface area (TPSA) is 101 Å². The van der Waals surface area contributed by atoms with Gasteiger partial charge in [0.2, 0.25) is 15.9 Å². The van der Waals surface area contributed by atoms with Gasteiger partial charge in [0.15, 0.2) is 0 Å². The van der Waals surface area contributed by atoms with Crippen molar-refractivity contribution in [1.29, 1.82) is 0 Å². The van der Waals surface area contributed by atoms with E-state index in [2.05, 4.69) is 26.0 Å². The zero-order chi connectivity index (χ0) is 16.2.